The number of fused-ring (bicyclic) bond motifs is 1. The second kappa shape index (κ2) is 5.31. The fourth-order valence-corrected chi connectivity index (χ4v) is 2.69. The van der Waals surface area contributed by atoms with Crippen LogP contribution in [-0.4, -0.2) is 6.36 Å². The highest BCUT2D eigenvalue weighted by Crippen LogP contribution is 2.37. The van der Waals surface area contributed by atoms with Gasteiger partial charge in [0.2, 0.25) is 0 Å². The van der Waals surface area contributed by atoms with Crippen molar-refractivity contribution in [2.45, 2.75) is 25.2 Å². The Morgan fingerprint density at radius 1 is 1.00 bits per heavy atom. The normalized spacial score (nSPS) is 17.4. The van der Waals surface area contributed by atoms with E-state index < -0.39 is 6.36 Å². The van der Waals surface area contributed by atoms with Crippen molar-refractivity contribution in [3.63, 3.8) is 0 Å². The minimum atomic E-state index is -4.69. The molecule has 3 rings (SSSR count). The van der Waals surface area contributed by atoms with E-state index in [1.165, 1.54) is 17.7 Å². The molecule has 0 heterocycles. The highest BCUT2D eigenvalue weighted by atomic mass is 19.4. The predicted molar refractivity (Wildman–Crippen MR) is 74.3 cm³/mol. The minimum Gasteiger partial charge on any atom is -0.404 e. The number of hydrogen-bond donors (Lipinski definition) is 1. The number of rotatable bonds is 3. The Morgan fingerprint density at radius 2 is 1.71 bits per heavy atom. The Balaban J connectivity index is 1.83. The van der Waals surface area contributed by atoms with Crippen molar-refractivity contribution in [2.24, 2.45) is 0 Å². The van der Waals surface area contributed by atoms with Gasteiger partial charge in [-0.25, -0.2) is 0 Å². The van der Waals surface area contributed by atoms with Crippen LogP contribution < -0.4 is 10.1 Å². The number of anilines is 1. The molecule has 1 unspecified atom stereocenters. The third-order valence-electron chi connectivity index (χ3n) is 3.58. The average Bonchev–Trinajstić information content (AvgIpc) is 2.83. The molecule has 0 aliphatic heterocycles. The van der Waals surface area contributed by atoms with Gasteiger partial charge in [-0.1, -0.05) is 36.4 Å². The van der Waals surface area contributed by atoms with Gasteiger partial charge in [0.1, 0.15) is 0 Å². The Morgan fingerprint density at radius 3 is 2.52 bits per heavy atom. The van der Waals surface area contributed by atoms with Crippen molar-refractivity contribution in [1.29, 1.82) is 0 Å². The summed E-state index contributed by atoms with van der Waals surface area (Å²) in [5.74, 6) is -0.200. The van der Waals surface area contributed by atoms with Gasteiger partial charge in [0.05, 0.1) is 11.7 Å². The molecular weight excluding hydrogens is 279 g/mol. The third-order valence-corrected chi connectivity index (χ3v) is 3.58. The number of ether oxygens (including phenoxy) is 1. The summed E-state index contributed by atoms with van der Waals surface area (Å²) in [7, 11) is 0. The molecule has 0 bridgehead atoms. The Hall–Kier alpha value is -2.17. The highest BCUT2D eigenvalue weighted by molar-refractivity contribution is 5.58. The van der Waals surface area contributed by atoms with Crippen molar-refractivity contribution >= 4 is 5.69 Å². The lowest BCUT2D eigenvalue weighted by molar-refractivity contribution is -0.274. The van der Waals surface area contributed by atoms with Crippen LogP contribution in [0.4, 0.5) is 18.9 Å². The Labute approximate surface area is 120 Å². The van der Waals surface area contributed by atoms with Crippen LogP contribution in [0.1, 0.15) is 23.6 Å². The minimum absolute atomic E-state index is 0.0131. The topological polar surface area (TPSA) is 21.3 Å². The van der Waals surface area contributed by atoms with Crippen LogP contribution in [0.25, 0.3) is 0 Å². The van der Waals surface area contributed by atoms with Gasteiger partial charge in [0, 0.05) is 0 Å². The first-order chi connectivity index (χ1) is 10.0. The molecule has 1 N–H and O–H groups in total. The molecule has 21 heavy (non-hydrogen) atoms. The fraction of sp³-hybridized carbons (Fsp3) is 0.250. The number of benzene rings is 2. The Bertz CT molecular complexity index is 639. The molecule has 0 radical (unpaired) electrons. The zero-order valence-corrected chi connectivity index (χ0v) is 11.2. The molecular formula is C16H14F3NO. The number of nitrogens with one attached hydrogen (secondary N) is 1. The first kappa shape index (κ1) is 13.8. The number of aryl methyl sites for hydroxylation is 1. The number of alkyl halides is 3. The lowest BCUT2D eigenvalue weighted by Gasteiger charge is -2.19. The van der Waals surface area contributed by atoms with E-state index in [4.69, 9.17) is 0 Å². The van der Waals surface area contributed by atoms with Gasteiger partial charge >= 0.3 is 6.36 Å². The molecule has 0 spiro atoms. The van der Waals surface area contributed by atoms with Gasteiger partial charge in [-0.15, -0.1) is 13.2 Å². The monoisotopic (exact) mass is 293 g/mol. The molecule has 0 saturated heterocycles. The van der Waals surface area contributed by atoms with E-state index in [9.17, 15) is 13.2 Å². The zero-order valence-electron chi connectivity index (χ0n) is 11.2. The van der Waals surface area contributed by atoms with E-state index in [1.807, 2.05) is 18.2 Å². The molecule has 2 aromatic carbocycles. The van der Waals surface area contributed by atoms with Crippen LogP contribution in [-0.2, 0) is 6.42 Å². The summed E-state index contributed by atoms with van der Waals surface area (Å²) in [5.41, 5.74) is 2.74. The zero-order chi connectivity index (χ0) is 14.9. The number of hydrogen-bond acceptors (Lipinski definition) is 2. The molecule has 0 aromatic heterocycles. The van der Waals surface area contributed by atoms with Crippen molar-refractivity contribution in [3.8, 4) is 5.75 Å². The van der Waals surface area contributed by atoms with Crippen molar-refractivity contribution < 1.29 is 17.9 Å². The smallest absolute Gasteiger partial charge is 0.404 e. The van der Waals surface area contributed by atoms with Crippen molar-refractivity contribution in [2.75, 3.05) is 5.32 Å². The maximum Gasteiger partial charge on any atom is 0.573 e. The Kier molecular flexibility index (Phi) is 3.49. The second-order valence-electron chi connectivity index (χ2n) is 4.98. The SMILES string of the molecule is FC(F)(F)Oc1ccccc1NC1CCc2ccccc21. The largest absolute Gasteiger partial charge is 0.573 e. The van der Waals surface area contributed by atoms with E-state index in [0.29, 0.717) is 5.69 Å². The van der Waals surface area contributed by atoms with Crippen molar-refractivity contribution in [1.82, 2.24) is 0 Å². The highest BCUT2D eigenvalue weighted by Gasteiger charge is 2.32. The van der Waals surface area contributed by atoms with E-state index >= 15 is 0 Å². The van der Waals surface area contributed by atoms with Gasteiger partial charge in [-0.2, -0.15) is 0 Å². The lowest BCUT2D eigenvalue weighted by atomic mass is 10.1. The second-order valence-corrected chi connectivity index (χ2v) is 4.98. The van der Waals surface area contributed by atoms with Crippen LogP contribution >= 0.6 is 0 Å². The lowest BCUT2D eigenvalue weighted by Crippen LogP contribution is -2.18. The molecule has 1 atom stereocenters. The van der Waals surface area contributed by atoms with Gasteiger partial charge in [0.25, 0.3) is 0 Å². The van der Waals surface area contributed by atoms with E-state index in [0.717, 1.165) is 18.4 Å². The van der Waals surface area contributed by atoms with E-state index in [-0.39, 0.29) is 11.8 Å². The molecule has 2 aromatic rings. The van der Waals surface area contributed by atoms with Gasteiger partial charge in [-0.05, 0) is 36.1 Å². The van der Waals surface area contributed by atoms with Crippen LogP contribution in [0.3, 0.4) is 0 Å². The summed E-state index contributed by atoms with van der Waals surface area (Å²) in [5, 5.41) is 3.16. The average molecular weight is 293 g/mol. The maximum atomic E-state index is 12.4. The molecule has 0 amide bonds. The molecule has 5 heteroatoms. The molecule has 0 fully saturated rings. The van der Waals surface area contributed by atoms with Crippen LogP contribution in [0.2, 0.25) is 0 Å². The molecule has 110 valence electrons. The molecule has 0 saturated carbocycles. The molecule has 1 aliphatic carbocycles. The quantitative estimate of drug-likeness (QED) is 0.886. The van der Waals surface area contributed by atoms with Crippen LogP contribution in [0.5, 0.6) is 5.75 Å². The predicted octanol–water partition coefficient (Wildman–Crippen LogP) is 4.68. The summed E-state index contributed by atoms with van der Waals surface area (Å²) in [6.45, 7) is 0. The van der Waals surface area contributed by atoms with Gasteiger partial charge in [0.15, 0.2) is 5.75 Å². The first-order valence-corrected chi connectivity index (χ1v) is 6.72. The standard InChI is InChI=1S/C16H14F3NO/c17-16(18,19)21-15-8-4-3-7-14(15)20-13-10-9-11-5-1-2-6-12(11)13/h1-8,13,20H,9-10H2. The van der Waals surface area contributed by atoms with Gasteiger partial charge in [-0.3, -0.25) is 0 Å². The maximum absolute atomic E-state index is 12.4. The third kappa shape index (κ3) is 3.12. The molecule has 1 aliphatic rings. The fourth-order valence-electron chi connectivity index (χ4n) is 2.69. The summed E-state index contributed by atoms with van der Waals surface area (Å²) in [6.07, 6.45) is -2.90. The van der Waals surface area contributed by atoms with Crippen molar-refractivity contribution in [3.05, 3.63) is 59.7 Å². The van der Waals surface area contributed by atoms with E-state index in [2.05, 4.69) is 16.1 Å². The summed E-state index contributed by atoms with van der Waals surface area (Å²) in [6, 6.07) is 14.1. The van der Waals surface area contributed by atoms with Crippen LogP contribution in [0, 0.1) is 0 Å². The summed E-state index contributed by atoms with van der Waals surface area (Å²) in [4.78, 5) is 0. The van der Waals surface area contributed by atoms with Gasteiger partial charge < -0.3 is 10.1 Å². The van der Waals surface area contributed by atoms with E-state index in [1.54, 1.807) is 12.1 Å². The first-order valence-electron chi connectivity index (χ1n) is 6.72. The summed E-state index contributed by atoms with van der Waals surface area (Å²) >= 11 is 0. The van der Waals surface area contributed by atoms with Crippen LogP contribution in [0.15, 0.2) is 48.5 Å². The summed E-state index contributed by atoms with van der Waals surface area (Å²) < 4.78 is 41.3. The molecule has 2 nitrogen and oxygen atoms in total. The number of halogens is 3. The number of para-hydroxylation sites is 2.